The molecule has 1 amide bonds. The first-order chi connectivity index (χ1) is 16.9. The molecule has 0 atom stereocenters. The number of methoxy groups -OCH3 is 2. The Morgan fingerprint density at radius 2 is 1.49 bits per heavy atom. The molecule has 0 fully saturated rings. The molecule has 0 aliphatic rings. The predicted molar refractivity (Wildman–Crippen MR) is 136 cm³/mol. The summed E-state index contributed by atoms with van der Waals surface area (Å²) in [5.41, 5.74) is 1.49. The maximum Gasteiger partial charge on any atom is 0.220 e. The van der Waals surface area contributed by atoms with Crippen LogP contribution in [0.15, 0.2) is 36.4 Å². The first-order valence-electron chi connectivity index (χ1n) is 12.0. The number of likely N-dealkylation sites (N-methyl/N-ethyl adjacent to an activating group) is 1. The van der Waals surface area contributed by atoms with E-state index in [0.29, 0.717) is 61.2 Å². The summed E-state index contributed by atoms with van der Waals surface area (Å²) in [6.07, 6.45) is 0.879. The second-order valence-electron chi connectivity index (χ2n) is 8.01. The Labute approximate surface area is 208 Å². The molecular weight excluding hydrogens is 448 g/mol. The number of ketones is 1. The number of amides is 1. The fourth-order valence-electron chi connectivity index (χ4n) is 3.48. The van der Waals surface area contributed by atoms with Crippen LogP contribution < -0.4 is 24.3 Å². The normalized spacial score (nSPS) is 10.7. The van der Waals surface area contributed by atoms with E-state index < -0.39 is 0 Å². The Balaban J connectivity index is 1.76. The van der Waals surface area contributed by atoms with E-state index in [4.69, 9.17) is 18.9 Å². The number of benzene rings is 2. The lowest BCUT2D eigenvalue weighted by atomic mass is 10.1. The summed E-state index contributed by atoms with van der Waals surface area (Å²) in [5, 5.41) is 2.92. The lowest BCUT2D eigenvalue weighted by molar-refractivity contribution is -0.121. The van der Waals surface area contributed by atoms with E-state index in [2.05, 4.69) is 24.1 Å². The van der Waals surface area contributed by atoms with Crippen LogP contribution in [0.5, 0.6) is 23.0 Å². The minimum absolute atomic E-state index is 0.0402. The van der Waals surface area contributed by atoms with Crippen LogP contribution >= 0.6 is 0 Å². The average molecular weight is 487 g/mol. The number of rotatable bonds is 16. The van der Waals surface area contributed by atoms with Gasteiger partial charge >= 0.3 is 0 Å². The summed E-state index contributed by atoms with van der Waals surface area (Å²) in [6.45, 7) is 9.94. The Kier molecular flexibility index (Phi) is 11.9. The van der Waals surface area contributed by atoms with E-state index >= 15 is 0 Å². The zero-order valence-electron chi connectivity index (χ0n) is 21.5. The summed E-state index contributed by atoms with van der Waals surface area (Å²) >= 11 is 0. The average Bonchev–Trinajstić information content (AvgIpc) is 2.88. The van der Waals surface area contributed by atoms with Crippen LogP contribution in [0, 0.1) is 0 Å². The maximum atomic E-state index is 12.3. The Morgan fingerprint density at radius 1 is 0.857 bits per heavy atom. The highest BCUT2D eigenvalue weighted by Gasteiger charge is 2.10. The van der Waals surface area contributed by atoms with Gasteiger partial charge in [-0.25, -0.2) is 0 Å². The van der Waals surface area contributed by atoms with Crippen molar-refractivity contribution >= 4 is 11.7 Å². The van der Waals surface area contributed by atoms with Crippen molar-refractivity contribution in [2.45, 2.75) is 40.2 Å². The third kappa shape index (κ3) is 9.13. The number of Topliss-reactive ketones (excluding diaryl/α,β-unsaturated/α-hetero) is 1. The van der Waals surface area contributed by atoms with Crippen molar-refractivity contribution in [3.05, 3.63) is 47.5 Å². The quantitative estimate of drug-likeness (QED) is 0.282. The van der Waals surface area contributed by atoms with Crippen LogP contribution in [0.3, 0.4) is 0 Å². The predicted octanol–water partition coefficient (Wildman–Crippen LogP) is 4.10. The number of hydrogen-bond acceptors (Lipinski definition) is 7. The molecule has 0 aromatic heterocycles. The van der Waals surface area contributed by atoms with E-state index in [1.807, 2.05) is 18.2 Å². The van der Waals surface area contributed by atoms with Crippen molar-refractivity contribution < 1.29 is 28.5 Å². The molecule has 0 radical (unpaired) electrons. The van der Waals surface area contributed by atoms with Crippen molar-refractivity contribution in [2.24, 2.45) is 0 Å². The first-order valence-corrected chi connectivity index (χ1v) is 12.0. The molecule has 0 unspecified atom stereocenters. The molecule has 2 aromatic rings. The molecule has 0 saturated carbocycles. The minimum Gasteiger partial charge on any atom is -0.493 e. The molecule has 0 saturated heterocycles. The third-order valence-electron chi connectivity index (χ3n) is 5.65. The summed E-state index contributed by atoms with van der Waals surface area (Å²) in [4.78, 5) is 26.1. The molecule has 1 N–H and O–H groups in total. The molecule has 35 heavy (non-hydrogen) atoms. The van der Waals surface area contributed by atoms with Crippen molar-refractivity contribution in [3.63, 3.8) is 0 Å². The molecule has 192 valence electrons. The first kappa shape index (κ1) is 28.0. The summed E-state index contributed by atoms with van der Waals surface area (Å²) < 4.78 is 22.4. The molecular formula is C27H38N2O6. The lowest BCUT2D eigenvalue weighted by Gasteiger charge is -2.19. The van der Waals surface area contributed by atoms with E-state index in [0.717, 1.165) is 25.2 Å². The van der Waals surface area contributed by atoms with Crippen LogP contribution in [0.1, 0.15) is 49.5 Å². The zero-order chi connectivity index (χ0) is 25.6. The number of carbonyl (C=O) groups is 2. The Morgan fingerprint density at radius 3 is 2.11 bits per heavy atom. The fourth-order valence-corrected chi connectivity index (χ4v) is 3.48. The number of nitrogens with zero attached hydrogens (tertiary/aromatic N) is 1. The standard InChI is InChI=1S/C27H38N2O6/c1-6-29(7-2)14-16-35-23-12-10-21(17-25(23)32-4)19-28-27(31)9-8-15-34-24-13-11-22(20(3)30)18-26(24)33-5/h10-13,17-18H,6-9,14-16,19H2,1-5H3,(H,28,31). The zero-order valence-corrected chi connectivity index (χ0v) is 21.5. The van der Waals surface area contributed by atoms with Gasteiger partial charge in [0.15, 0.2) is 28.8 Å². The summed E-state index contributed by atoms with van der Waals surface area (Å²) in [6, 6.07) is 10.7. The van der Waals surface area contributed by atoms with Crippen molar-refractivity contribution in [3.8, 4) is 23.0 Å². The molecule has 0 bridgehead atoms. The SMILES string of the molecule is CCN(CC)CCOc1ccc(CNC(=O)CCCOc2ccc(C(C)=O)cc2OC)cc1OC. The highest BCUT2D eigenvalue weighted by atomic mass is 16.5. The Bertz CT molecular complexity index is 959. The van der Waals surface area contributed by atoms with Gasteiger partial charge in [0.25, 0.3) is 0 Å². The van der Waals surface area contributed by atoms with Crippen LogP contribution in [-0.4, -0.2) is 63.7 Å². The van der Waals surface area contributed by atoms with Gasteiger partial charge in [-0.15, -0.1) is 0 Å². The van der Waals surface area contributed by atoms with Gasteiger partial charge in [-0.2, -0.15) is 0 Å². The largest absolute Gasteiger partial charge is 0.493 e. The number of carbonyl (C=O) groups excluding carboxylic acids is 2. The molecule has 0 heterocycles. The number of hydrogen-bond donors (Lipinski definition) is 1. The van der Waals surface area contributed by atoms with Crippen LogP contribution in [0.2, 0.25) is 0 Å². The van der Waals surface area contributed by atoms with E-state index in [-0.39, 0.29) is 11.7 Å². The molecule has 0 spiro atoms. The molecule has 8 heteroatoms. The van der Waals surface area contributed by atoms with Crippen molar-refractivity contribution in [1.29, 1.82) is 0 Å². The molecule has 0 aliphatic carbocycles. The van der Waals surface area contributed by atoms with Gasteiger partial charge in [0, 0.05) is 25.1 Å². The van der Waals surface area contributed by atoms with Gasteiger partial charge in [-0.05, 0) is 62.3 Å². The Hall–Kier alpha value is -3.26. The van der Waals surface area contributed by atoms with E-state index in [9.17, 15) is 9.59 Å². The topological polar surface area (TPSA) is 86.3 Å². The van der Waals surface area contributed by atoms with Gasteiger partial charge in [0.2, 0.25) is 5.91 Å². The van der Waals surface area contributed by atoms with Gasteiger partial charge in [0.1, 0.15) is 6.61 Å². The second kappa shape index (κ2) is 14.9. The number of nitrogens with one attached hydrogen (secondary N) is 1. The van der Waals surface area contributed by atoms with Gasteiger partial charge in [0.05, 0.1) is 20.8 Å². The molecule has 0 aliphatic heterocycles. The molecule has 8 nitrogen and oxygen atoms in total. The summed E-state index contributed by atoms with van der Waals surface area (Å²) in [5.74, 6) is 2.28. The van der Waals surface area contributed by atoms with Gasteiger partial charge in [-0.1, -0.05) is 19.9 Å². The van der Waals surface area contributed by atoms with Gasteiger partial charge < -0.3 is 29.2 Å². The fraction of sp³-hybridized carbons (Fsp3) is 0.481. The highest BCUT2D eigenvalue weighted by molar-refractivity contribution is 5.94. The second-order valence-corrected chi connectivity index (χ2v) is 8.01. The maximum absolute atomic E-state index is 12.3. The van der Waals surface area contributed by atoms with Crippen LogP contribution in [0.4, 0.5) is 0 Å². The van der Waals surface area contributed by atoms with E-state index in [1.165, 1.54) is 14.0 Å². The van der Waals surface area contributed by atoms with E-state index in [1.54, 1.807) is 25.3 Å². The van der Waals surface area contributed by atoms with Crippen molar-refractivity contribution in [1.82, 2.24) is 10.2 Å². The summed E-state index contributed by atoms with van der Waals surface area (Å²) in [7, 11) is 3.14. The number of ether oxygens (including phenoxy) is 4. The minimum atomic E-state index is -0.0639. The smallest absolute Gasteiger partial charge is 0.220 e. The molecule has 2 aromatic carbocycles. The highest BCUT2D eigenvalue weighted by Crippen LogP contribution is 2.29. The lowest BCUT2D eigenvalue weighted by Crippen LogP contribution is -2.28. The molecule has 2 rings (SSSR count). The van der Waals surface area contributed by atoms with Crippen LogP contribution in [-0.2, 0) is 11.3 Å². The van der Waals surface area contributed by atoms with Gasteiger partial charge in [-0.3, -0.25) is 9.59 Å². The third-order valence-corrected chi connectivity index (χ3v) is 5.65. The monoisotopic (exact) mass is 486 g/mol. The van der Waals surface area contributed by atoms with Crippen molar-refractivity contribution in [2.75, 3.05) is 47.1 Å². The van der Waals surface area contributed by atoms with Crippen LogP contribution in [0.25, 0.3) is 0 Å².